The molecule has 5 heteroatoms. The van der Waals surface area contributed by atoms with E-state index in [1.807, 2.05) is 0 Å². The van der Waals surface area contributed by atoms with E-state index in [1.54, 1.807) is 30.6 Å². The number of aliphatic hydroxyl groups excluding tert-OH is 1. The van der Waals surface area contributed by atoms with E-state index in [9.17, 15) is 4.39 Å². The second-order valence-corrected chi connectivity index (χ2v) is 3.43. The van der Waals surface area contributed by atoms with Crippen molar-refractivity contribution in [2.24, 2.45) is 0 Å². The Kier molecular flexibility index (Phi) is 3.62. The molecule has 0 aliphatic carbocycles. The molecule has 0 radical (unpaired) electrons. The monoisotopic (exact) mass is 233 g/mol. The molecule has 0 fully saturated rings. The second kappa shape index (κ2) is 5.36. The topological polar surface area (TPSA) is 58.0 Å². The lowest BCUT2D eigenvalue weighted by molar-refractivity contribution is 0.311. The molecule has 1 aromatic carbocycles. The minimum Gasteiger partial charge on any atom is -0.395 e. The summed E-state index contributed by atoms with van der Waals surface area (Å²) in [6, 6.07) is 6.47. The SMILES string of the molecule is OCCNc1ncc(-c2ccccc2F)cn1. The molecule has 0 spiro atoms. The fourth-order valence-electron chi connectivity index (χ4n) is 1.42. The number of benzene rings is 1. The first-order chi connectivity index (χ1) is 8.31. The molecule has 0 aliphatic heterocycles. The van der Waals surface area contributed by atoms with Gasteiger partial charge < -0.3 is 10.4 Å². The van der Waals surface area contributed by atoms with Crippen molar-refractivity contribution in [2.75, 3.05) is 18.5 Å². The molecule has 0 saturated carbocycles. The zero-order chi connectivity index (χ0) is 12.1. The second-order valence-electron chi connectivity index (χ2n) is 3.43. The van der Waals surface area contributed by atoms with Crippen molar-refractivity contribution in [3.63, 3.8) is 0 Å². The minimum atomic E-state index is -0.299. The normalized spacial score (nSPS) is 10.2. The van der Waals surface area contributed by atoms with Crippen LogP contribution in [-0.4, -0.2) is 28.2 Å². The Labute approximate surface area is 98.2 Å². The number of halogens is 1. The molecule has 0 unspecified atom stereocenters. The molecule has 1 heterocycles. The lowest BCUT2D eigenvalue weighted by Crippen LogP contribution is -2.08. The molecule has 0 aliphatic rings. The highest BCUT2D eigenvalue weighted by molar-refractivity contribution is 5.62. The summed E-state index contributed by atoms with van der Waals surface area (Å²) < 4.78 is 13.5. The van der Waals surface area contributed by atoms with E-state index in [0.717, 1.165) is 0 Å². The Balaban J connectivity index is 2.21. The first-order valence-electron chi connectivity index (χ1n) is 5.23. The third kappa shape index (κ3) is 2.76. The van der Waals surface area contributed by atoms with Crippen LogP contribution in [0.5, 0.6) is 0 Å². The van der Waals surface area contributed by atoms with Crippen LogP contribution < -0.4 is 5.32 Å². The maximum atomic E-state index is 13.5. The summed E-state index contributed by atoms with van der Waals surface area (Å²) in [7, 11) is 0. The van der Waals surface area contributed by atoms with Gasteiger partial charge in [-0.05, 0) is 6.07 Å². The van der Waals surface area contributed by atoms with Crippen LogP contribution >= 0.6 is 0 Å². The number of rotatable bonds is 4. The van der Waals surface area contributed by atoms with Gasteiger partial charge in [-0.1, -0.05) is 18.2 Å². The van der Waals surface area contributed by atoms with Crippen molar-refractivity contribution in [1.82, 2.24) is 9.97 Å². The summed E-state index contributed by atoms with van der Waals surface area (Å²) in [5.41, 5.74) is 1.10. The van der Waals surface area contributed by atoms with E-state index in [2.05, 4.69) is 15.3 Å². The summed E-state index contributed by atoms with van der Waals surface area (Å²) >= 11 is 0. The van der Waals surface area contributed by atoms with Crippen molar-refractivity contribution < 1.29 is 9.50 Å². The lowest BCUT2D eigenvalue weighted by atomic mass is 10.1. The molecule has 0 atom stereocenters. The lowest BCUT2D eigenvalue weighted by Gasteiger charge is -2.04. The van der Waals surface area contributed by atoms with Crippen molar-refractivity contribution >= 4 is 5.95 Å². The van der Waals surface area contributed by atoms with E-state index >= 15 is 0 Å². The van der Waals surface area contributed by atoms with Gasteiger partial charge in [0.2, 0.25) is 5.95 Å². The van der Waals surface area contributed by atoms with E-state index in [1.165, 1.54) is 6.07 Å². The first-order valence-corrected chi connectivity index (χ1v) is 5.23. The zero-order valence-corrected chi connectivity index (χ0v) is 9.10. The Morgan fingerprint density at radius 2 is 1.88 bits per heavy atom. The number of hydrogen-bond donors (Lipinski definition) is 2. The highest BCUT2D eigenvalue weighted by Crippen LogP contribution is 2.21. The molecule has 17 heavy (non-hydrogen) atoms. The number of anilines is 1. The van der Waals surface area contributed by atoms with Crippen LogP contribution in [0.15, 0.2) is 36.7 Å². The Morgan fingerprint density at radius 1 is 1.18 bits per heavy atom. The zero-order valence-electron chi connectivity index (χ0n) is 9.10. The average molecular weight is 233 g/mol. The van der Waals surface area contributed by atoms with E-state index in [4.69, 9.17) is 5.11 Å². The molecule has 1 aromatic heterocycles. The predicted octanol–water partition coefficient (Wildman–Crippen LogP) is 1.69. The van der Waals surface area contributed by atoms with Gasteiger partial charge >= 0.3 is 0 Å². The van der Waals surface area contributed by atoms with Gasteiger partial charge in [-0.15, -0.1) is 0 Å². The number of nitrogens with zero attached hydrogens (tertiary/aromatic N) is 2. The van der Waals surface area contributed by atoms with Crippen molar-refractivity contribution in [1.29, 1.82) is 0 Å². The highest BCUT2D eigenvalue weighted by atomic mass is 19.1. The van der Waals surface area contributed by atoms with Crippen molar-refractivity contribution in [3.05, 3.63) is 42.5 Å². The van der Waals surface area contributed by atoms with Crippen LogP contribution in [0.3, 0.4) is 0 Å². The fraction of sp³-hybridized carbons (Fsp3) is 0.167. The van der Waals surface area contributed by atoms with Gasteiger partial charge in [-0.2, -0.15) is 0 Å². The predicted molar refractivity (Wildman–Crippen MR) is 63.0 cm³/mol. The smallest absolute Gasteiger partial charge is 0.222 e. The number of aromatic nitrogens is 2. The van der Waals surface area contributed by atoms with Gasteiger partial charge in [-0.25, -0.2) is 14.4 Å². The Hall–Kier alpha value is -2.01. The van der Waals surface area contributed by atoms with E-state index in [-0.39, 0.29) is 12.4 Å². The van der Waals surface area contributed by atoms with E-state index < -0.39 is 0 Å². The third-order valence-corrected chi connectivity index (χ3v) is 2.23. The maximum Gasteiger partial charge on any atom is 0.222 e. The molecule has 4 nitrogen and oxygen atoms in total. The minimum absolute atomic E-state index is 0.0123. The average Bonchev–Trinajstić information content (AvgIpc) is 2.38. The summed E-state index contributed by atoms with van der Waals surface area (Å²) in [6.07, 6.45) is 3.09. The van der Waals surface area contributed by atoms with Crippen LogP contribution in [0.4, 0.5) is 10.3 Å². The quantitative estimate of drug-likeness (QED) is 0.843. The maximum absolute atomic E-state index is 13.5. The van der Waals surface area contributed by atoms with E-state index in [0.29, 0.717) is 23.6 Å². The number of nitrogens with one attached hydrogen (secondary N) is 1. The van der Waals surface area contributed by atoms with Gasteiger partial charge in [0, 0.05) is 30.1 Å². The van der Waals surface area contributed by atoms with Crippen LogP contribution in [0.2, 0.25) is 0 Å². The number of hydrogen-bond acceptors (Lipinski definition) is 4. The molecule has 2 N–H and O–H groups in total. The van der Waals surface area contributed by atoms with Gasteiger partial charge in [-0.3, -0.25) is 0 Å². The molecular formula is C12H12FN3O. The molecular weight excluding hydrogens is 221 g/mol. The largest absolute Gasteiger partial charge is 0.395 e. The molecule has 88 valence electrons. The molecule has 2 aromatic rings. The van der Waals surface area contributed by atoms with Crippen LogP contribution in [0.1, 0.15) is 0 Å². The summed E-state index contributed by atoms with van der Waals surface area (Å²) in [5.74, 6) is 0.117. The highest BCUT2D eigenvalue weighted by Gasteiger charge is 2.04. The van der Waals surface area contributed by atoms with Gasteiger partial charge in [0.1, 0.15) is 5.82 Å². The molecule has 0 bridgehead atoms. The standard InChI is InChI=1S/C12H12FN3O/c13-11-4-2-1-3-10(11)9-7-15-12(16-8-9)14-5-6-17/h1-4,7-8,17H,5-6H2,(H,14,15,16). The van der Waals surface area contributed by atoms with Crippen molar-refractivity contribution in [3.8, 4) is 11.1 Å². The molecule has 2 rings (SSSR count). The summed E-state index contributed by atoms with van der Waals surface area (Å²) in [4.78, 5) is 8.07. The number of aliphatic hydroxyl groups is 1. The summed E-state index contributed by atoms with van der Waals surface area (Å²) in [5, 5.41) is 11.5. The van der Waals surface area contributed by atoms with Gasteiger partial charge in [0.15, 0.2) is 0 Å². The summed E-state index contributed by atoms with van der Waals surface area (Å²) in [6.45, 7) is 0.400. The van der Waals surface area contributed by atoms with Crippen LogP contribution in [-0.2, 0) is 0 Å². The third-order valence-electron chi connectivity index (χ3n) is 2.23. The fourth-order valence-corrected chi connectivity index (χ4v) is 1.42. The first kappa shape index (κ1) is 11.5. The van der Waals surface area contributed by atoms with Crippen molar-refractivity contribution in [2.45, 2.75) is 0 Å². The van der Waals surface area contributed by atoms with Gasteiger partial charge in [0.25, 0.3) is 0 Å². The van der Waals surface area contributed by atoms with Crippen LogP contribution in [0.25, 0.3) is 11.1 Å². The Morgan fingerprint density at radius 3 is 2.53 bits per heavy atom. The van der Waals surface area contributed by atoms with Crippen LogP contribution in [0, 0.1) is 5.82 Å². The van der Waals surface area contributed by atoms with Gasteiger partial charge in [0.05, 0.1) is 6.61 Å². The molecule has 0 amide bonds. The molecule has 0 saturated heterocycles. The Bertz CT molecular complexity index is 487.